The molecule has 0 heterocycles. The minimum Gasteiger partial charge on any atom is -0.478 e. The van der Waals surface area contributed by atoms with Gasteiger partial charge in [0, 0.05) is 6.54 Å². The molecule has 1 amide bonds. The van der Waals surface area contributed by atoms with Gasteiger partial charge in [-0.1, -0.05) is 35.9 Å². The van der Waals surface area contributed by atoms with Gasteiger partial charge in [0.15, 0.2) is 0 Å². The lowest BCUT2D eigenvalue weighted by atomic mass is 9.97. The molecule has 2 aromatic rings. The maximum atomic E-state index is 12.1. The van der Waals surface area contributed by atoms with Crippen LogP contribution in [0, 0.1) is 20.8 Å². The fourth-order valence-corrected chi connectivity index (χ4v) is 3.05. The predicted molar refractivity (Wildman–Crippen MR) is 94.5 cm³/mol. The van der Waals surface area contributed by atoms with Crippen molar-refractivity contribution in [2.45, 2.75) is 33.6 Å². The predicted octanol–water partition coefficient (Wildman–Crippen LogP) is 3.21. The Morgan fingerprint density at radius 1 is 1.04 bits per heavy atom. The molecule has 126 valence electrons. The smallest absolute Gasteiger partial charge is 0.335 e. The summed E-state index contributed by atoms with van der Waals surface area (Å²) in [7, 11) is 0. The normalized spacial score (nSPS) is 10.5. The minimum atomic E-state index is -1.01. The summed E-state index contributed by atoms with van der Waals surface area (Å²) >= 11 is 0. The number of carboxylic acids is 1. The van der Waals surface area contributed by atoms with E-state index >= 15 is 0 Å². The van der Waals surface area contributed by atoms with E-state index in [0.29, 0.717) is 12.1 Å². The highest BCUT2D eigenvalue weighted by molar-refractivity contribution is 5.91. The van der Waals surface area contributed by atoms with Gasteiger partial charge in [-0.15, -0.1) is 0 Å². The molecule has 0 aliphatic heterocycles. The molecule has 0 aliphatic rings. The number of amides is 1. The summed E-state index contributed by atoms with van der Waals surface area (Å²) in [5.74, 6) is -1.17. The highest BCUT2D eigenvalue weighted by Gasteiger charge is 2.12. The van der Waals surface area contributed by atoms with Crippen LogP contribution in [0.5, 0.6) is 0 Å². The van der Waals surface area contributed by atoms with Crippen LogP contribution in [0.1, 0.15) is 38.2 Å². The molecule has 2 N–H and O–H groups in total. The van der Waals surface area contributed by atoms with Gasteiger partial charge >= 0.3 is 5.97 Å². The molecule has 0 aromatic heterocycles. The zero-order valence-corrected chi connectivity index (χ0v) is 14.3. The summed E-state index contributed by atoms with van der Waals surface area (Å²) in [6.45, 7) is 6.78. The molecule has 2 aromatic carbocycles. The molecule has 0 saturated heterocycles. The van der Waals surface area contributed by atoms with Crippen LogP contribution in [0.4, 0.5) is 0 Å². The molecule has 0 aliphatic carbocycles. The zero-order chi connectivity index (χ0) is 17.7. The van der Waals surface area contributed by atoms with Gasteiger partial charge in [0.05, 0.1) is 12.0 Å². The molecular weight excluding hydrogens is 302 g/mol. The topological polar surface area (TPSA) is 66.4 Å². The largest absolute Gasteiger partial charge is 0.478 e. The lowest BCUT2D eigenvalue weighted by molar-refractivity contribution is -0.120. The second kappa shape index (κ2) is 7.77. The van der Waals surface area contributed by atoms with E-state index in [2.05, 4.69) is 38.2 Å². The molecule has 2 rings (SSSR count). The van der Waals surface area contributed by atoms with Gasteiger partial charge in [0.1, 0.15) is 0 Å². The van der Waals surface area contributed by atoms with Crippen molar-refractivity contribution in [3.05, 3.63) is 69.8 Å². The highest BCUT2D eigenvalue weighted by atomic mass is 16.4. The third kappa shape index (κ3) is 4.44. The second-order valence-electron chi connectivity index (χ2n) is 6.12. The number of nitrogens with one attached hydrogen (secondary N) is 1. The zero-order valence-electron chi connectivity index (χ0n) is 14.3. The summed E-state index contributed by atoms with van der Waals surface area (Å²) < 4.78 is 0. The molecule has 0 unspecified atom stereocenters. The lowest BCUT2D eigenvalue weighted by Gasteiger charge is -2.12. The first-order valence-corrected chi connectivity index (χ1v) is 8.03. The number of hydrogen-bond acceptors (Lipinski definition) is 2. The summed E-state index contributed by atoms with van der Waals surface area (Å²) in [5, 5.41) is 12.0. The van der Waals surface area contributed by atoms with Crippen molar-refractivity contribution in [1.29, 1.82) is 0 Å². The van der Waals surface area contributed by atoms with E-state index in [-0.39, 0.29) is 17.9 Å². The van der Waals surface area contributed by atoms with Crippen LogP contribution in [0.25, 0.3) is 0 Å². The van der Waals surface area contributed by atoms with Gasteiger partial charge in [-0.3, -0.25) is 4.79 Å². The Labute approximate surface area is 142 Å². The summed E-state index contributed by atoms with van der Waals surface area (Å²) in [5.41, 5.74) is 5.67. The number of benzene rings is 2. The molecule has 24 heavy (non-hydrogen) atoms. The fraction of sp³-hybridized carbons (Fsp3) is 0.300. The van der Waals surface area contributed by atoms with Gasteiger partial charge in [-0.05, 0) is 55.5 Å². The molecular formula is C20H23NO3. The molecule has 0 radical (unpaired) electrons. The molecule has 4 nitrogen and oxygen atoms in total. The van der Waals surface area contributed by atoms with Crippen LogP contribution in [-0.4, -0.2) is 23.5 Å². The van der Waals surface area contributed by atoms with Crippen LogP contribution >= 0.6 is 0 Å². The van der Waals surface area contributed by atoms with Gasteiger partial charge in [0.25, 0.3) is 0 Å². The Kier molecular flexibility index (Phi) is 5.74. The van der Waals surface area contributed by atoms with Gasteiger partial charge in [-0.2, -0.15) is 0 Å². The number of carbonyl (C=O) groups excluding carboxylic acids is 1. The summed E-state index contributed by atoms with van der Waals surface area (Å²) in [4.78, 5) is 23.3. The van der Waals surface area contributed by atoms with Crippen molar-refractivity contribution in [3.8, 4) is 0 Å². The number of aromatic carboxylic acids is 1. The monoisotopic (exact) mass is 325 g/mol. The number of hydrogen-bond donors (Lipinski definition) is 2. The first-order chi connectivity index (χ1) is 11.4. The first-order valence-electron chi connectivity index (χ1n) is 8.03. The summed E-state index contributed by atoms with van der Waals surface area (Å²) in [6.07, 6.45) is 0.846. The van der Waals surface area contributed by atoms with E-state index in [1.165, 1.54) is 28.3 Å². The Morgan fingerprint density at radius 2 is 1.67 bits per heavy atom. The third-order valence-electron chi connectivity index (χ3n) is 4.14. The minimum absolute atomic E-state index is 0.0777. The van der Waals surface area contributed by atoms with Crippen molar-refractivity contribution >= 4 is 11.9 Å². The number of carboxylic acid groups (broad SMARTS) is 1. The highest BCUT2D eigenvalue weighted by Crippen LogP contribution is 2.16. The average Bonchev–Trinajstić information content (AvgIpc) is 2.50. The number of aryl methyl sites for hydroxylation is 3. The van der Waals surface area contributed by atoms with Crippen LogP contribution in [-0.2, 0) is 17.6 Å². The van der Waals surface area contributed by atoms with Crippen LogP contribution in [0.2, 0.25) is 0 Å². The van der Waals surface area contributed by atoms with Crippen molar-refractivity contribution in [2.75, 3.05) is 6.54 Å². The van der Waals surface area contributed by atoms with Crippen LogP contribution in [0.3, 0.4) is 0 Å². The van der Waals surface area contributed by atoms with Gasteiger partial charge < -0.3 is 10.4 Å². The number of rotatable bonds is 6. The molecule has 0 atom stereocenters. The molecule has 0 saturated carbocycles. The Bertz CT molecular complexity index is 742. The quantitative estimate of drug-likeness (QED) is 0.857. The van der Waals surface area contributed by atoms with Gasteiger partial charge in [-0.25, -0.2) is 4.79 Å². The van der Waals surface area contributed by atoms with E-state index in [9.17, 15) is 9.59 Å². The fourth-order valence-electron chi connectivity index (χ4n) is 3.05. The van der Waals surface area contributed by atoms with Crippen molar-refractivity contribution in [1.82, 2.24) is 5.32 Å². The number of carbonyl (C=O) groups is 2. The van der Waals surface area contributed by atoms with E-state index < -0.39 is 5.97 Å². The Morgan fingerprint density at radius 3 is 2.29 bits per heavy atom. The molecule has 0 spiro atoms. The van der Waals surface area contributed by atoms with E-state index in [0.717, 1.165) is 6.42 Å². The van der Waals surface area contributed by atoms with Crippen LogP contribution in [0.15, 0.2) is 36.4 Å². The Hall–Kier alpha value is -2.62. The maximum absolute atomic E-state index is 12.1. The molecule has 4 heteroatoms. The average molecular weight is 325 g/mol. The third-order valence-corrected chi connectivity index (χ3v) is 4.14. The molecule has 0 fully saturated rings. The summed E-state index contributed by atoms with van der Waals surface area (Å²) in [6, 6.07) is 10.9. The lowest BCUT2D eigenvalue weighted by Crippen LogP contribution is -2.28. The SMILES string of the molecule is Cc1cc(C)c(CCNC(=O)Cc2ccccc2C(=O)O)c(C)c1. The molecule has 0 bridgehead atoms. The maximum Gasteiger partial charge on any atom is 0.335 e. The standard InChI is InChI=1S/C20H23NO3/c1-13-10-14(2)17(15(3)11-13)8-9-21-19(22)12-16-6-4-5-7-18(16)20(23)24/h4-7,10-11H,8-9,12H2,1-3H3,(H,21,22)(H,23,24). The van der Waals surface area contributed by atoms with E-state index in [4.69, 9.17) is 5.11 Å². The van der Waals surface area contributed by atoms with Crippen molar-refractivity contribution in [2.24, 2.45) is 0 Å². The first kappa shape index (κ1) is 17.7. The van der Waals surface area contributed by atoms with Crippen molar-refractivity contribution in [3.63, 3.8) is 0 Å². The van der Waals surface area contributed by atoms with E-state index in [1.807, 2.05) is 0 Å². The Balaban J connectivity index is 1.94. The van der Waals surface area contributed by atoms with Crippen molar-refractivity contribution < 1.29 is 14.7 Å². The second-order valence-corrected chi connectivity index (χ2v) is 6.12. The van der Waals surface area contributed by atoms with E-state index in [1.54, 1.807) is 18.2 Å². The van der Waals surface area contributed by atoms with Crippen LogP contribution < -0.4 is 5.32 Å². The van der Waals surface area contributed by atoms with Gasteiger partial charge in [0.2, 0.25) is 5.91 Å².